The van der Waals surface area contributed by atoms with Crippen LogP contribution in [0.4, 0.5) is 8.78 Å². The van der Waals surface area contributed by atoms with Gasteiger partial charge in [0.2, 0.25) is 0 Å². The third kappa shape index (κ3) is 3.10. The molecule has 5 aromatic rings. The molecule has 0 fully saturated rings. The standard InChI is InChI=1S/C23H16F2N4O/c1-28-12-16(11-27-28)14-2-5-23-22(8-14)26-13-29(23)18-6-15(7-19(30)10-18)20-4-3-17(24)9-21(20)25/h2-13,30H,1H3. The van der Waals surface area contributed by atoms with Crippen molar-refractivity contribution in [3.05, 3.63) is 85.0 Å². The molecule has 0 aliphatic carbocycles. The van der Waals surface area contributed by atoms with E-state index in [1.165, 1.54) is 18.2 Å². The van der Waals surface area contributed by atoms with Crippen LogP contribution in [0.1, 0.15) is 0 Å². The minimum atomic E-state index is -0.692. The van der Waals surface area contributed by atoms with Crippen molar-refractivity contribution in [1.82, 2.24) is 19.3 Å². The molecule has 1 N–H and O–H groups in total. The second kappa shape index (κ2) is 6.81. The van der Waals surface area contributed by atoms with E-state index in [0.717, 1.165) is 28.2 Å². The summed E-state index contributed by atoms with van der Waals surface area (Å²) in [5.74, 6) is -1.37. The third-order valence-electron chi connectivity index (χ3n) is 5.01. The van der Waals surface area contributed by atoms with Crippen LogP contribution in [0.25, 0.3) is 39.0 Å². The van der Waals surface area contributed by atoms with Crippen LogP contribution in [0.3, 0.4) is 0 Å². The van der Waals surface area contributed by atoms with Gasteiger partial charge < -0.3 is 5.11 Å². The summed E-state index contributed by atoms with van der Waals surface area (Å²) in [7, 11) is 1.86. The zero-order chi connectivity index (χ0) is 20.8. The van der Waals surface area contributed by atoms with Crippen molar-refractivity contribution in [3.63, 3.8) is 0 Å². The zero-order valence-corrected chi connectivity index (χ0v) is 15.9. The quantitative estimate of drug-likeness (QED) is 0.458. The van der Waals surface area contributed by atoms with Gasteiger partial charge in [0.15, 0.2) is 0 Å². The maximum atomic E-state index is 14.3. The lowest BCUT2D eigenvalue weighted by atomic mass is 10.0. The number of hydrogen-bond acceptors (Lipinski definition) is 3. The van der Waals surface area contributed by atoms with Crippen LogP contribution in [0.2, 0.25) is 0 Å². The SMILES string of the molecule is Cn1cc(-c2ccc3c(c2)ncn3-c2cc(O)cc(-c3ccc(F)cc3F)c2)cn1. The second-order valence-corrected chi connectivity index (χ2v) is 7.08. The number of hydrogen-bond donors (Lipinski definition) is 1. The molecule has 5 rings (SSSR count). The average Bonchev–Trinajstić information content (AvgIpc) is 3.33. The first-order valence-electron chi connectivity index (χ1n) is 9.24. The minimum Gasteiger partial charge on any atom is -0.508 e. The average molecular weight is 402 g/mol. The van der Waals surface area contributed by atoms with Crippen LogP contribution in [0.5, 0.6) is 5.75 Å². The Balaban J connectivity index is 1.61. The van der Waals surface area contributed by atoms with E-state index in [2.05, 4.69) is 10.1 Å². The molecule has 0 unspecified atom stereocenters. The van der Waals surface area contributed by atoms with Crippen molar-refractivity contribution in [2.45, 2.75) is 0 Å². The summed E-state index contributed by atoms with van der Waals surface area (Å²) >= 11 is 0. The molecule has 148 valence electrons. The molecule has 3 aromatic carbocycles. The van der Waals surface area contributed by atoms with E-state index in [0.29, 0.717) is 11.3 Å². The van der Waals surface area contributed by atoms with Crippen molar-refractivity contribution < 1.29 is 13.9 Å². The van der Waals surface area contributed by atoms with Gasteiger partial charge in [0, 0.05) is 36.5 Å². The Morgan fingerprint density at radius 3 is 2.53 bits per heavy atom. The highest BCUT2D eigenvalue weighted by molar-refractivity contribution is 5.83. The first-order valence-corrected chi connectivity index (χ1v) is 9.24. The van der Waals surface area contributed by atoms with E-state index in [1.807, 2.05) is 36.0 Å². The molecule has 5 nitrogen and oxygen atoms in total. The Labute approximate surface area is 170 Å². The fourth-order valence-corrected chi connectivity index (χ4v) is 3.58. The number of aromatic nitrogens is 4. The van der Waals surface area contributed by atoms with Gasteiger partial charge in [0.25, 0.3) is 0 Å². The molecule has 0 radical (unpaired) electrons. The minimum absolute atomic E-state index is 0.0277. The summed E-state index contributed by atoms with van der Waals surface area (Å²) in [5, 5.41) is 14.4. The van der Waals surface area contributed by atoms with Crippen molar-refractivity contribution in [2.75, 3.05) is 0 Å². The van der Waals surface area contributed by atoms with Crippen molar-refractivity contribution in [1.29, 1.82) is 0 Å². The predicted molar refractivity (Wildman–Crippen MR) is 110 cm³/mol. The van der Waals surface area contributed by atoms with Crippen molar-refractivity contribution in [3.8, 4) is 33.7 Å². The predicted octanol–water partition coefficient (Wildman–Crippen LogP) is 5.08. The molecule has 0 atom stereocenters. The topological polar surface area (TPSA) is 55.9 Å². The highest BCUT2D eigenvalue weighted by Crippen LogP contribution is 2.31. The molecule has 0 spiro atoms. The molecule has 2 aromatic heterocycles. The number of phenolic OH excluding ortho intramolecular Hbond substituents is 1. The number of benzene rings is 3. The summed E-state index contributed by atoms with van der Waals surface area (Å²) in [5.41, 5.74) is 4.85. The van der Waals surface area contributed by atoms with E-state index >= 15 is 0 Å². The van der Waals surface area contributed by atoms with E-state index in [4.69, 9.17) is 0 Å². The fraction of sp³-hybridized carbons (Fsp3) is 0.0435. The number of fused-ring (bicyclic) bond motifs is 1. The summed E-state index contributed by atoms with van der Waals surface area (Å²) in [6.45, 7) is 0. The van der Waals surface area contributed by atoms with Crippen LogP contribution in [0, 0.1) is 11.6 Å². The smallest absolute Gasteiger partial charge is 0.133 e. The number of aromatic hydroxyl groups is 1. The van der Waals surface area contributed by atoms with Gasteiger partial charge in [-0.25, -0.2) is 13.8 Å². The first kappa shape index (κ1) is 18.1. The summed E-state index contributed by atoms with van der Waals surface area (Å²) < 4.78 is 31.1. The summed E-state index contributed by atoms with van der Waals surface area (Å²) in [6, 6.07) is 14.0. The van der Waals surface area contributed by atoms with Gasteiger partial charge >= 0.3 is 0 Å². The molecule has 30 heavy (non-hydrogen) atoms. The summed E-state index contributed by atoms with van der Waals surface area (Å²) in [6.07, 6.45) is 5.37. The molecule has 7 heteroatoms. The molecule has 0 aliphatic heterocycles. The fourth-order valence-electron chi connectivity index (χ4n) is 3.58. The number of aryl methyl sites for hydroxylation is 1. The molecular weight excluding hydrogens is 386 g/mol. The van der Waals surface area contributed by atoms with Crippen LogP contribution < -0.4 is 0 Å². The molecule has 2 heterocycles. The van der Waals surface area contributed by atoms with Crippen LogP contribution in [-0.2, 0) is 7.05 Å². The highest BCUT2D eigenvalue weighted by Gasteiger charge is 2.12. The number of phenols is 1. The van der Waals surface area contributed by atoms with Gasteiger partial charge in [-0.1, -0.05) is 6.07 Å². The maximum Gasteiger partial charge on any atom is 0.133 e. The van der Waals surface area contributed by atoms with Crippen LogP contribution in [0.15, 0.2) is 73.3 Å². The Morgan fingerprint density at radius 1 is 0.900 bits per heavy atom. The van der Waals surface area contributed by atoms with Gasteiger partial charge in [-0.3, -0.25) is 9.25 Å². The zero-order valence-electron chi connectivity index (χ0n) is 15.9. The Morgan fingerprint density at radius 2 is 1.77 bits per heavy atom. The van der Waals surface area contributed by atoms with Gasteiger partial charge in [0.1, 0.15) is 23.7 Å². The highest BCUT2D eigenvalue weighted by atomic mass is 19.1. The largest absolute Gasteiger partial charge is 0.508 e. The Kier molecular flexibility index (Phi) is 4.10. The lowest BCUT2D eigenvalue weighted by Crippen LogP contribution is -1.94. The number of nitrogens with zero attached hydrogens (tertiary/aromatic N) is 4. The molecule has 0 saturated carbocycles. The number of imidazole rings is 1. The third-order valence-corrected chi connectivity index (χ3v) is 5.01. The van der Waals surface area contributed by atoms with Gasteiger partial charge in [-0.15, -0.1) is 0 Å². The van der Waals surface area contributed by atoms with Gasteiger partial charge in [-0.2, -0.15) is 5.10 Å². The van der Waals surface area contributed by atoms with Crippen LogP contribution >= 0.6 is 0 Å². The normalized spacial score (nSPS) is 11.3. The van der Waals surface area contributed by atoms with E-state index in [9.17, 15) is 13.9 Å². The van der Waals surface area contributed by atoms with Gasteiger partial charge in [-0.05, 0) is 47.5 Å². The monoisotopic (exact) mass is 402 g/mol. The van der Waals surface area contributed by atoms with E-state index in [-0.39, 0.29) is 11.3 Å². The number of rotatable bonds is 3. The Bertz CT molecular complexity index is 1400. The van der Waals surface area contributed by atoms with Crippen molar-refractivity contribution >= 4 is 11.0 Å². The van der Waals surface area contributed by atoms with Gasteiger partial charge in [0.05, 0.1) is 22.9 Å². The molecule has 0 aliphatic rings. The molecule has 0 bridgehead atoms. The summed E-state index contributed by atoms with van der Waals surface area (Å²) in [4.78, 5) is 4.48. The first-order chi connectivity index (χ1) is 14.5. The lowest BCUT2D eigenvalue weighted by molar-refractivity contribution is 0.475. The van der Waals surface area contributed by atoms with E-state index in [1.54, 1.807) is 29.3 Å². The maximum absolute atomic E-state index is 14.3. The Hall–Kier alpha value is -4.00. The number of halogens is 2. The van der Waals surface area contributed by atoms with Crippen LogP contribution in [-0.4, -0.2) is 24.4 Å². The molecule has 0 amide bonds. The molecule has 0 saturated heterocycles. The van der Waals surface area contributed by atoms with Crippen molar-refractivity contribution in [2.24, 2.45) is 7.05 Å². The lowest BCUT2D eigenvalue weighted by Gasteiger charge is -2.10. The molecular formula is C23H16F2N4O. The van der Waals surface area contributed by atoms with E-state index < -0.39 is 11.6 Å². The second-order valence-electron chi connectivity index (χ2n) is 7.08.